The molecule has 0 aromatic heterocycles. The fourth-order valence-electron chi connectivity index (χ4n) is 3.26. The Hall–Kier alpha value is -1.59. The molecule has 0 bridgehead atoms. The molecule has 5 nitrogen and oxygen atoms in total. The lowest BCUT2D eigenvalue weighted by Crippen LogP contribution is -2.53. The van der Waals surface area contributed by atoms with Crippen molar-refractivity contribution >= 4 is 5.97 Å². The third kappa shape index (κ3) is 3.42. The van der Waals surface area contributed by atoms with E-state index in [4.69, 9.17) is 9.47 Å². The van der Waals surface area contributed by atoms with E-state index < -0.39 is 11.6 Å². The summed E-state index contributed by atoms with van der Waals surface area (Å²) in [6.07, 6.45) is 2.15. The summed E-state index contributed by atoms with van der Waals surface area (Å²) < 4.78 is 11.3. The zero-order valence-corrected chi connectivity index (χ0v) is 12.7. The second-order valence-corrected chi connectivity index (χ2v) is 6.24. The minimum Gasteiger partial charge on any atom is -0.478 e. The van der Waals surface area contributed by atoms with Gasteiger partial charge in [-0.25, -0.2) is 4.79 Å². The molecule has 2 aliphatic rings. The van der Waals surface area contributed by atoms with Crippen molar-refractivity contribution in [2.24, 2.45) is 5.92 Å². The molecule has 1 aromatic carbocycles. The maximum atomic E-state index is 11.8. The van der Waals surface area contributed by atoms with E-state index in [1.54, 1.807) is 0 Å². The molecule has 0 aliphatic carbocycles. The van der Waals surface area contributed by atoms with Gasteiger partial charge in [-0.05, 0) is 24.5 Å². The molecule has 0 radical (unpaired) electrons. The van der Waals surface area contributed by atoms with Crippen LogP contribution >= 0.6 is 0 Å². The predicted octanol–water partition coefficient (Wildman–Crippen LogP) is 2.02. The van der Waals surface area contributed by atoms with Crippen LogP contribution in [0.3, 0.4) is 0 Å². The lowest BCUT2D eigenvalue weighted by Gasteiger charge is -2.39. The first-order chi connectivity index (χ1) is 10.7. The highest BCUT2D eigenvalue weighted by Crippen LogP contribution is 2.30. The van der Waals surface area contributed by atoms with E-state index in [9.17, 15) is 9.90 Å². The van der Waals surface area contributed by atoms with E-state index in [1.807, 2.05) is 30.3 Å². The number of hydrogen-bond acceptors (Lipinski definition) is 4. The molecule has 2 fully saturated rings. The summed E-state index contributed by atoms with van der Waals surface area (Å²) >= 11 is 0. The largest absolute Gasteiger partial charge is 0.478 e. The molecule has 22 heavy (non-hydrogen) atoms. The number of nitrogens with zero attached hydrogens (tertiary/aromatic N) is 1. The highest BCUT2D eigenvalue weighted by atomic mass is 16.5. The number of para-hydroxylation sites is 1. The van der Waals surface area contributed by atoms with Crippen molar-refractivity contribution in [3.63, 3.8) is 0 Å². The van der Waals surface area contributed by atoms with Gasteiger partial charge in [0.25, 0.3) is 0 Å². The lowest BCUT2D eigenvalue weighted by atomic mass is 9.90. The van der Waals surface area contributed by atoms with Crippen molar-refractivity contribution < 1.29 is 19.4 Å². The van der Waals surface area contributed by atoms with E-state index in [-0.39, 0.29) is 0 Å². The van der Waals surface area contributed by atoms with E-state index in [0.717, 1.165) is 39.3 Å². The Bertz CT molecular complexity index is 491. The molecule has 2 saturated heterocycles. The van der Waals surface area contributed by atoms with Crippen LogP contribution in [-0.2, 0) is 9.53 Å². The minimum absolute atomic E-state index is 0.519. The number of benzene rings is 1. The summed E-state index contributed by atoms with van der Waals surface area (Å²) in [5.41, 5.74) is -1.09. The van der Waals surface area contributed by atoms with Crippen molar-refractivity contribution in [2.75, 3.05) is 32.8 Å². The molecule has 0 amide bonds. The van der Waals surface area contributed by atoms with Crippen molar-refractivity contribution in [2.45, 2.75) is 24.9 Å². The van der Waals surface area contributed by atoms with Gasteiger partial charge in [0.1, 0.15) is 5.75 Å². The Morgan fingerprint density at radius 2 is 2.05 bits per heavy atom. The van der Waals surface area contributed by atoms with Gasteiger partial charge < -0.3 is 19.5 Å². The van der Waals surface area contributed by atoms with Crippen LogP contribution in [0.2, 0.25) is 0 Å². The summed E-state index contributed by atoms with van der Waals surface area (Å²) in [4.78, 5) is 14.1. The number of piperidine rings is 1. The van der Waals surface area contributed by atoms with E-state index in [1.165, 1.54) is 0 Å². The molecule has 0 unspecified atom stereocenters. The normalized spacial score (nSPS) is 25.0. The Balaban J connectivity index is 1.60. The lowest BCUT2D eigenvalue weighted by molar-refractivity contribution is -0.159. The second kappa shape index (κ2) is 6.67. The number of rotatable bonds is 5. The van der Waals surface area contributed by atoms with Crippen LogP contribution < -0.4 is 4.74 Å². The van der Waals surface area contributed by atoms with Gasteiger partial charge in [-0.15, -0.1) is 0 Å². The third-order valence-electron chi connectivity index (χ3n) is 4.65. The standard InChI is InChI=1S/C17H23NO4/c19-16(20)17(22-15-4-2-1-3-5-15)7-9-18(10-8-17)12-14-6-11-21-13-14/h1-5,14H,6-13H2,(H,19,20)/t14-/m0/s1. The van der Waals surface area contributed by atoms with E-state index >= 15 is 0 Å². The third-order valence-corrected chi connectivity index (χ3v) is 4.65. The fraction of sp³-hybridized carbons (Fsp3) is 0.588. The van der Waals surface area contributed by atoms with Gasteiger partial charge in [-0.2, -0.15) is 0 Å². The number of carboxylic acid groups (broad SMARTS) is 1. The van der Waals surface area contributed by atoms with Crippen molar-refractivity contribution in [1.82, 2.24) is 4.90 Å². The van der Waals surface area contributed by atoms with Gasteiger partial charge in [0.05, 0.1) is 6.61 Å². The first-order valence-corrected chi connectivity index (χ1v) is 7.95. The number of carboxylic acids is 1. The zero-order valence-electron chi connectivity index (χ0n) is 12.7. The van der Waals surface area contributed by atoms with Crippen LogP contribution in [0.25, 0.3) is 0 Å². The molecule has 5 heteroatoms. The number of likely N-dealkylation sites (tertiary alicyclic amines) is 1. The van der Waals surface area contributed by atoms with Crippen LogP contribution in [0.1, 0.15) is 19.3 Å². The van der Waals surface area contributed by atoms with E-state index in [0.29, 0.717) is 24.5 Å². The monoisotopic (exact) mass is 305 g/mol. The molecule has 1 aromatic rings. The minimum atomic E-state index is -1.09. The van der Waals surface area contributed by atoms with Crippen LogP contribution in [0.4, 0.5) is 0 Å². The SMILES string of the molecule is O=C(O)C1(Oc2ccccc2)CCN(C[C@@H]2CCOC2)CC1. The number of aliphatic carboxylic acids is 1. The molecule has 1 N–H and O–H groups in total. The first kappa shape index (κ1) is 15.3. The smallest absolute Gasteiger partial charge is 0.348 e. The van der Waals surface area contributed by atoms with Gasteiger partial charge in [-0.3, -0.25) is 0 Å². The van der Waals surface area contributed by atoms with Crippen molar-refractivity contribution in [3.05, 3.63) is 30.3 Å². The van der Waals surface area contributed by atoms with E-state index in [2.05, 4.69) is 4.90 Å². The highest BCUT2D eigenvalue weighted by molar-refractivity contribution is 5.78. The average molecular weight is 305 g/mol. The topological polar surface area (TPSA) is 59.0 Å². The summed E-state index contributed by atoms with van der Waals surface area (Å²) in [5, 5.41) is 9.66. The molecule has 3 rings (SSSR count). The van der Waals surface area contributed by atoms with Gasteiger partial charge in [0.2, 0.25) is 5.60 Å². The zero-order chi connectivity index (χ0) is 15.4. The summed E-state index contributed by atoms with van der Waals surface area (Å²) in [6, 6.07) is 9.24. The van der Waals surface area contributed by atoms with Crippen LogP contribution in [0.5, 0.6) is 5.75 Å². The maximum Gasteiger partial charge on any atom is 0.348 e. The molecule has 2 heterocycles. The summed E-state index contributed by atoms with van der Waals surface area (Å²) in [7, 11) is 0. The fourth-order valence-corrected chi connectivity index (χ4v) is 3.26. The molecule has 2 aliphatic heterocycles. The summed E-state index contributed by atoms with van der Waals surface area (Å²) in [5.74, 6) is 0.357. The highest BCUT2D eigenvalue weighted by Gasteiger charge is 2.44. The second-order valence-electron chi connectivity index (χ2n) is 6.24. The van der Waals surface area contributed by atoms with Crippen LogP contribution in [0.15, 0.2) is 30.3 Å². The Morgan fingerprint density at radius 1 is 1.32 bits per heavy atom. The summed E-state index contributed by atoms with van der Waals surface area (Å²) in [6.45, 7) is 4.21. The molecular formula is C17H23NO4. The van der Waals surface area contributed by atoms with Crippen molar-refractivity contribution in [3.8, 4) is 5.75 Å². The van der Waals surface area contributed by atoms with Gasteiger partial charge in [-0.1, -0.05) is 18.2 Å². The Morgan fingerprint density at radius 3 is 2.64 bits per heavy atom. The molecule has 120 valence electrons. The van der Waals surface area contributed by atoms with Crippen LogP contribution in [-0.4, -0.2) is 54.4 Å². The Kier molecular flexibility index (Phi) is 4.64. The average Bonchev–Trinajstić information content (AvgIpc) is 3.03. The number of carbonyl (C=O) groups is 1. The molecule has 0 spiro atoms. The molecule has 0 saturated carbocycles. The van der Waals surface area contributed by atoms with Crippen molar-refractivity contribution in [1.29, 1.82) is 0 Å². The number of ether oxygens (including phenoxy) is 2. The van der Waals surface area contributed by atoms with Gasteiger partial charge in [0, 0.05) is 39.1 Å². The molecular weight excluding hydrogens is 282 g/mol. The van der Waals surface area contributed by atoms with Crippen LogP contribution in [0, 0.1) is 5.92 Å². The predicted molar refractivity (Wildman–Crippen MR) is 82.0 cm³/mol. The van der Waals surface area contributed by atoms with Gasteiger partial charge >= 0.3 is 5.97 Å². The quantitative estimate of drug-likeness (QED) is 0.902. The first-order valence-electron chi connectivity index (χ1n) is 7.95. The Labute approximate surface area is 130 Å². The number of hydrogen-bond donors (Lipinski definition) is 1. The maximum absolute atomic E-state index is 11.8. The molecule has 1 atom stereocenters. The van der Waals surface area contributed by atoms with Gasteiger partial charge in [0.15, 0.2) is 0 Å².